The van der Waals surface area contributed by atoms with Crippen molar-refractivity contribution in [1.29, 1.82) is 0 Å². The van der Waals surface area contributed by atoms with E-state index < -0.39 is 18.6 Å². The summed E-state index contributed by atoms with van der Waals surface area (Å²) >= 11 is 0. The molecule has 0 aromatic rings. The van der Waals surface area contributed by atoms with Crippen molar-refractivity contribution in [3.8, 4) is 0 Å². The molecule has 0 radical (unpaired) electrons. The molecule has 0 rings (SSSR count). The lowest BCUT2D eigenvalue weighted by Gasteiger charge is -2.13. The van der Waals surface area contributed by atoms with Crippen molar-refractivity contribution in [3.63, 3.8) is 0 Å². The molecular weight excluding hydrogens is 209 g/mol. The molecule has 0 saturated carbocycles. The van der Waals surface area contributed by atoms with E-state index in [-0.39, 0.29) is 12.6 Å². The van der Waals surface area contributed by atoms with Crippen LogP contribution in [0.15, 0.2) is 0 Å². The standard InChI is InChI=1S/C9H17F3N2O/c1-3-4-7(2)13-5-8(15)14-6-9(10,11)12/h7,13H,3-6H2,1-2H3,(H,14,15). The molecule has 0 aliphatic carbocycles. The molecule has 1 unspecified atom stereocenters. The maximum atomic E-state index is 11.7. The summed E-state index contributed by atoms with van der Waals surface area (Å²) in [6.45, 7) is 2.55. The number of carbonyl (C=O) groups excluding carboxylic acids is 1. The van der Waals surface area contributed by atoms with Crippen molar-refractivity contribution in [1.82, 2.24) is 10.6 Å². The molecule has 6 heteroatoms. The minimum absolute atomic E-state index is 0.0722. The highest BCUT2D eigenvalue weighted by Gasteiger charge is 2.27. The van der Waals surface area contributed by atoms with Crippen LogP contribution in [0.25, 0.3) is 0 Å². The fourth-order valence-corrected chi connectivity index (χ4v) is 1.06. The Morgan fingerprint density at radius 1 is 1.40 bits per heavy atom. The Kier molecular flexibility index (Phi) is 6.31. The van der Waals surface area contributed by atoms with Gasteiger partial charge in [-0.3, -0.25) is 4.79 Å². The van der Waals surface area contributed by atoms with E-state index in [1.165, 1.54) is 0 Å². The summed E-state index contributed by atoms with van der Waals surface area (Å²) in [5, 5.41) is 4.63. The molecule has 90 valence electrons. The predicted octanol–water partition coefficient (Wildman–Crippen LogP) is 1.44. The highest BCUT2D eigenvalue weighted by Crippen LogP contribution is 2.11. The maximum absolute atomic E-state index is 11.7. The zero-order chi connectivity index (χ0) is 11.9. The van der Waals surface area contributed by atoms with Crippen LogP contribution in [0.2, 0.25) is 0 Å². The molecule has 0 aliphatic heterocycles. The number of hydrogen-bond acceptors (Lipinski definition) is 2. The number of halogens is 3. The van der Waals surface area contributed by atoms with Gasteiger partial charge in [0.15, 0.2) is 0 Å². The smallest absolute Gasteiger partial charge is 0.346 e. The summed E-state index contributed by atoms with van der Waals surface area (Å²) in [5.74, 6) is -0.629. The van der Waals surface area contributed by atoms with Crippen molar-refractivity contribution in [2.24, 2.45) is 0 Å². The summed E-state index contributed by atoms with van der Waals surface area (Å²) in [6.07, 6.45) is -2.48. The van der Waals surface area contributed by atoms with E-state index in [0.29, 0.717) is 0 Å². The van der Waals surface area contributed by atoms with Crippen LogP contribution >= 0.6 is 0 Å². The molecular formula is C9H17F3N2O. The molecule has 0 heterocycles. The molecule has 0 bridgehead atoms. The van der Waals surface area contributed by atoms with Gasteiger partial charge in [-0.15, -0.1) is 0 Å². The van der Waals surface area contributed by atoms with Gasteiger partial charge in [-0.25, -0.2) is 0 Å². The molecule has 2 N–H and O–H groups in total. The van der Waals surface area contributed by atoms with Crippen LogP contribution in [0.4, 0.5) is 13.2 Å². The minimum atomic E-state index is -4.34. The van der Waals surface area contributed by atoms with Gasteiger partial charge >= 0.3 is 6.18 Å². The normalized spacial score (nSPS) is 13.7. The molecule has 0 aliphatic rings. The largest absolute Gasteiger partial charge is 0.405 e. The van der Waals surface area contributed by atoms with Gasteiger partial charge in [0.05, 0.1) is 6.54 Å². The van der Waals surface area contributed by atoms with Crippen LogP contribution < -0.4 is 10.6 Å². The molecule has 0 saturated heterocycles. The van der Waals surface area contributed by atoms with Gasteiger partial charge in [-0.05, 0) is 13.3 Å². The van der Waals surface area contributed by atoms with E-state index in [1.807, 2.05) is 13.8 Å². The Labute approximate surface area is 87.4 Å². The monoisotopic (exact) mass is 226 g/mol. The lowest BCUT2D eigenvalue weighted by atomic mass is 10.2. The lowest BCUT2D eigenvalue weighted by molar-refractivity contribution is -0.137. The minimum Gasteiger partial charge on any atom is -0.346 e. The number of carbonyl (C=O) groups is 1. The van der Waals surface area contributed by atoms with Crippen LogP contribution in [0, 0.1) is 0 Å². The molecule has 0 fully saturated rings. The predicted molar refractivity (Wildman–Crippen MR) is 51.4 cm³/mol. The molecule has 1 amide bonds. The highest BCUT2D eigenvalue weighted by molar-refractivity contribution is 5.78. The fourth-order valence-electron chi connectivity index (χ4n) is 1.06. The molecule has 1 atom stereocenters. The average molecular weight is 226 g/mol. The first-order valence-corrected chi connectivity index (χ1v) is 4.92. The van der Waals surface area contributed by atoms with Gasteiger partial charge in [0.1, 0.15) is 6.54 Å². The van der Waals surface area contributed by atoms with Gasteiger partial charge in [0.2, 0.25) is 5.91 Å². The van der Waals surface area contributed by atoms with E-state index in [0.717, 1.165) is 12.8 Å². The van der Waals surface area contributed by atoms with Crippen molar-refractivity contribution in [3.05, 3.63) is 0 Å². The summed E-state index contributed by atoms with van der Waals surface area (Å²) in [5.41, 5.74) is 0. The second-order valence-corrected chi connectivity index (χ2v) is 3.46. The number of rotatable bonds is 6. The lowest BCUT2D eigenvalue weighted by Crippen LogP contribution is -2.41. The second-order valence-electron chi connectivity index (χ2n) is 3.46. The van der Waals surface area contributed by atoms with Crippen molar-refractivity contribution >= 4 is 5.91 Å². The third-order valence-electron chi connectivity index (χ3n) is 1.82. The topological polar surface area (TPSA) is 41.1 Å². The van der Waals surface area contributed by atoms with Gasteiger partial charge in [-0.2, -0.15) is 13.2 Å². The maximum Gasteiger partial charge on any atom is 0.405 e. The Morgan fingerprint density at radius 3 is 2.47 bits per heavy atom. The molecule has 0 aromatic heterocycles. The number of amides is 1. The Morgan fingerprint density at radius 2 is 2.00 bits per heavy atom. The number of alkyl halides is 3. The summed E-state index contributed by atoms with van der Waals surface area (Å²) in [7, 11) is 0. The average Bonchev–Trinajstić information content (AvgIpc) is 2.11. The molecule has 3 nitrogen and oxygen atoms in total. The van der Waals surface area contributed by atoms with E-state index in [9.17, 15) is 18.0 Å². The molecule has 0 aromatic carbocycles. The van der Waals surface area contributed by atoms with Crippen LogP contribution in [0.3, 0.4) is 0 Å². The van der Waals surface area contributed by atoms with E-state index in [1.54, 1.807) is 5.32 Å². The van der Waals surface area contributed by atoms with Gasteiger partial charge in [0.25, 0.3) is 0 Å². The van der Waals surface area contributed by atoms with Gasteiger partial charge < -0.3 is 10.6 Å². The quantitative estimate of drug-likeness (QED) is 0.719. The first-order valence-electron chi connectivity index (χ1n) is 4.92. The van der Waals surface area contributed by atoms with Gasteiger partial charge in [-0.1, -0.05) is 13.3 Å². The van der Waals surface area contributed by atoms with Crippen LogP contribution in [0.5, 0.6) is 0 Å². The number of hydrogen-bond donors (Lipinski definition) is 2. The molecule has 0 spiro atoms. The third-order valence-corrected chi connectivity index (χ3v) is 1.82. The summed E-state index contributed by atoms with van der Waals surface area (Å²) < 4.78 is 35.1. The Hall–Kier alpha value is -0.780. The third kappa shape index (κ3) is 9.52. The van der Waals surface area contributed by atoms with Gasteiger partial charge in [0, 0.05) is 6.04 Å². The summed E-state index contributed by atoms with van der Waals surface area (Å²) in [4.78, 5) is 10.9. The van der Waals surface area contributed by atoms with Crippen LogP contribution in [-0.2, 0) is 4.79 Å². The first kappa shape index (κ1) is 14.2. The SMILES string of the molecule is CCCC(C)NCC(=O)NCC(F)(F)F. The summed E-state index contributed by atoms with van der Waals surface area (Å²) in [6, 6.07) is 0.145. The van der Waals surface area contributed by atoms with Crippen LogP contribution in [-0.4, -0.2) is 31.2 Å². The van der Waals surface area contributed by atoms with E-state index >= 15 is 0 Å². The highest BCUT2D eigenvalue weighted by atomic mass is 19.4. The first-order chi connectivity index (χ1) is 6.85. The second kappa shape index (κ2) is 6.66. The number of nitrogens with one attached hydrogen (secondary N) is 2. The van der Waals surface area contributed by atoms with E-state index in [4.69, 9.17) is 0 Å². The molecule has 15 heavy (non-hydrogen) atoms. The Balaban J connectivity index is 3.58. The fraction of sp³-hybridized carbons (Fsp3) is 0.889. The zero-order valence-corrected chi connectivity index (χ0v) is 8.95. The zero-order valence-electron chi connectivity index (χ0n) is 8.95. The van der Waals surface area contributed by atoms with E-state index in [2.05, 4.69) is 5.32 Å². The Bertz CT molecular complexity index is 194. The van der Waals surface area contributed by atoms with Crippen molar-refractivity contribution in [2.75, 3.05) is 13.1 Å². The van der Waals surface area contributed by atoms with Crippen molar-refractivity contribution < 1.29 is 18.0 Å². The van der Waals surface area contributed by atoms with Crippen molar-refractivity contribution in [2.45, 2.75) is 38.9 Å². The van der Waals surface area contributed by atoms with Crippen LogP contribution in [0.1, 0.15) is 26.7 Å².